The van der Waals surface area contributed by atoms with Crippen molar-refractivity contribution in [2.45, 2.75) is 45.6 Å². The SMILES string of the molecule is CCOc1ccc(C(=O)OC2CCC(C)CC2)cc1. The summed E-state index contributed by atoms with van der Waals surface area (Å²) in [5.41, 5.74) is 0.599. The van der Waals surface area contributed by atoms with Crippen molar-refractivity contribution >= 4 is 5.97 Å². The van der Waals surface area contributed by atoms with Crippen LogP contribution in [-0.2, 0) is 4.74 Å². The molecule has 0 spiro atoms. The Kier molecular flexibility index (Phi) is 4.83. The van der Waals surface area contributed by atoms with Gasteiger partial charge in [0.1, 0.15) is 11.9 Å². The van der Waals surface area contributed by atoms with E-state index in [4.69, 9.17) is 9.47 Å². The van der Waals surface area contributed by atoms with Gasteiger partial charge in [-0.05, 0) is 62.8 Å². The van der Waals surface area contributed by atoms with Gasteiger partial charge in [-0.2, -0.15) is 0 Å². The lowest BCUT2D eigenvalue weighted by Crippen LogP contribution is -2.23. The zero-order valence-corrected chi connectivity index (χ0v) is 11.7. The molecule has 3 heteroatoms. The second kappa shape index (κ2) is 6.60. The van der Waals surface area contributed by atoms with Crippen molar-refractivity contribution in [3.63, 3.8) is 0 Å². The van der Waals surface area contributed by atoms with Gasteiger partial charge >= 0.3 is 5.97 Å². The lowest BCUT2D eigenvalue weighted by atomic mass is 9.89. The van der Waals surface area contributed by atoms with Crippen LogP contribution in [-0.4, -0.2) is 18.7 Å². The van der Waals surface area contributed by atoms with Gasteiger partial charge in [-0.3, -0.25) is 0 Å². The number of benzene rings is 1. The van der Waals surface area contributed by atoms with E-state index >= 15 is 0 Å². The van der Waals surface area contributed by atoms with Crippen LogP contribution in [0, 0.1) is 5.92 Å². The van der Waals surface area contributed by atoms with Crippen molar-refractivity contribution in [2.24, 2.45) is 5.92 Å². The van der Waals surface area contributed by atoms with Crippen LogP contribution in [0.3, 0.4) is 0 Å². The molecule has 1 fully saturated rings. The number of carbonyl (C=O) groups excluding carboxylic acids is 1. The molecule has 0 bridgehead atoms. The smallest absolute Gasteiger partial charge is 0.338 e. The molecule has 1 aliphatic carbocycles. The van der Waals surface area contributed by atoms with Crippen molar-refractivity contribution in [2.75, 3.05) is 6.61 Å². The largest absolute Gasteiger partial charge is 0.494 e. The van der Waals surface area contributed by atoms with E-state index in [9.17, 15) is 4.79 Å². The summed E-state index contributed by atoms with van der Waals surface area (Å²) >= 11 is 0. The third-order valence-corrected chi connectivity index (χ3v) is 3.64. The highest BCUT2D eigenvalue weighted by molar-refractivity contribution is 5.89. The standard InChI is InChI=1S/C16H22O3/c1-3-18-14-10-6-13(7-11-14)16(17)19-15-8-4-12(2)5-9-15/h6-7,10-12,15H,3-5,8-9H2,1-2H3. The Morgan fingerprint density at radius 1 is 1.16 bits per heavy atom. The van der Waals surface area contributed by atoms with Crippen LogP contribution in [0.5, 0.6) is 5.75 Å². The van der Waals surface area contributed by atoms with E-state index in [-0.39, 0.29) is 12.1 Å². The number of esters is 1. The second-order valence-corrected chi connectivity index (χ2v) is 5.24. The average Bonchev–Trinajstić information content (AvgIpc) is 2.42. The lowest BCUT2D eigenvalue weighted by molar-refractivity contribution is 0.0174. The van der Waals surface area contributed by atoms with Crippen molar-refractivity contribution in [1.29, 1.82) is 0 Å². The second-order valence-electron chi connectivity index (χ2n) is 5.24. The Balaban J connectivity index is 1.88. The van der Waals surface area contributed by atoms with Crippen LogP contribution in [0.4, 0.5) is 0 Å². The molecule has 0 radical (unpaired) electrons. The van der Waals surface area contributed by atoms with Crippen LogP contribution in [0.1, 0.15) is 49.9 Å². The summed E-state index contributed by atoms with van der Waals surface area (Å²) in [5.74, 6) is 1.33. The first-order valence-corrected chi connectivity index (χ1v) is 7.13. The highest BCUT2D eigenvalue weighted by Crippen LogP contribution is 2.26. The van der Waals surface area contributed by atoms with Crippen molar-refractivity contribution < 1.29 is 14.3 Å². The molecule has 1 aromatic carbocycles. The Bertz CT molecular complexity index is 403. The number of hydrogen-bond donors (Lipinski definition) is 0. The van der Waals surface area contributed by atoms with Crippen LogP contribution in [0.25, 0.3) is 0 Å². The van der Waals surface area contributed by atoms with Crippen LogP contribution in [0.2, 0.25) is 0 Å². The molecule has 19 heavy (non-hydrogen) atoms. The van der Waals surface area contributed by atoms with E-state index < -0.39 is 0 Å². The third-order valence-electron chi connectivity index (χ3n) is 3.64. The van der Waals surface area contributed by atoms with E-state index in [1.807, 2.05) is 19.1 Å². The maximum absolute atomic E-state index is 12.0. The van der Waals surface area contributed by atoms with Crippen molar-refractivity contribution in [3.05, 3.63) is 29.8 Å². The maximum Gasteiger partial charge on any atom is 0.338 e. The highest BCUT2D eigenvalue weighted by Gasteiger charge is 2.22. The molecule has 0 heterocycles. The fraction of sp³-hybridized carbons (Fsp3) is 0.562. The molecule has 1 aliphatic rings. The van der Waals surface area contributed by atoms with Gasteiger partial charge in [0, 0.05) is 0 Å². The topological polar surface area (TPSA) is 35.5 Å². The van der Waals surface area contributed by atoms with Gasteiger partial charge in [-0.25, -0.2) is 4.79 Å². The van der Waals surface area contributed by atoms with Crippen LogP contribution in [0.15, 0.2) is 24.3 Å². The summed E-state index contributed by atoms with van der Waals surface area (Å²) in [5, 5.41) is 0. The number of hydrogen-bond acceptors (Lipinski definition) is 3. The Morgan fingerprint density at radius 2 is 1.79 bits per heavy atom. The molecule has 0 unspecified atom stereocenters. The van der Waals surface area contributed by atoms with E-state index in [1.54, 1.807) is 12.1 Å². The zero-order valence-electron chi connectivity index (χ0n) is 11.7. The maximum atomic E-state index is 12.0. The molecule has 0 aromatic heterocycles. The predicted molar refractivity (Wildman–Crippen MR) is 74.4 cm³/mol. The van der Waals surface area contributed by atoms with Crippen LogP contribution < -0.4 is 4.74 Å². The van der Waals surface area contributed by atoms with E-state index in [0.717, 1.165) is 37.4 Å². The molecule has 104 valence electrons. The Morgan fingerprint density at radius 3 is 2.37 bits per heavy atom. The molecule has 0 aliphatic heterocycles. The zero-order chi connectivity index (χ0) is 13.7. The average molecular weight is 262 g/mol. The minimum atomic E-state index is -0.220. The first-order chi connectivity index (χ1) is 9.19. The Hall–Kier alpha value is -1.51. The summed E-state index contributed by atoms with van der Waals surface area (Å²) in [6.45, 7) is 4.82. The summed E-state index contributed by atoms with van der Waals surface area (Å²) < 4.78 is 10.9. The monoisotopic (exact) mass is 262 g/mol. The molecule has 0 atom stereocenters. The molecular weight excluding hydrogens is 240 g/mol. The molecule has 3 nitrogen and oxygen atoms in total. The molecule has 0 saturated heterocycles. The van der Waals surface area contributed by atoms with Gasteiger partial charge < -0.3 is 9.47 Å². The minimum absolute atomic E-state index is 0.0928. The molecule has 0 amide bonds. The van der Waals surface area contributed by atoms with Gasteiger partial charge in [-0.1, -0.05) is 6.92 Å². The van der Waals surface area contributed by atoms with Crippen LogP contribution >= 0.6 is 0 Å². The lowest BCUT2D eigenvalue weighted by Gasteiger charge is -2.25. The van der Waals surface area contributed by atoms with E-state index in [2.05, 4.69) is 6.92 Å². The summed E-state index contributed by atoms with van der Waals surface area (Å²) in [7, 11) is 0. The fourth-order valence-corrected chi connectivity index (χ4v) is 2.42. The fourth-order valence-electron chi connectivity index (χ4n) is 2.42. The molecular formula is C16H22O3. The molecule has 0 N–H and O–H groups in total. The quantitative estimate of drug-likeness (QED) is 0.774. The van der Waals surface area contributed by atoms with Gasteiger partial charge in [0.2, 0.25) is 0 Å². The van der Waals surface area contributed by atoms with E-state index in [0.29, 0.717) is 12.2 Å². The van der Waals surface area contributed by atoms with Gasteiger partial charge in [0.05, 0.1) is 12.2 Å². The molecule has 2 rings (SSSR count). The predicted octanol–water partition coefficient (Wildman–Crippen LogP) is 3.82. The highest BCUT2D eigenvalue weighted by atomic mass is 16.5. The van der Waals surface area contributed by atoms with Crippen molar-refractivity contribution in [3.8, 4) is 5.75 Å². The number of rotatable bonds is 4. The van der Waals surface area contributed by atoms with Gasteiger partial charge in [-0.15, -0.1) is 0 Å². The number of ether oxygens (including phenoxy) is 2. The van der Waals surface area contributed by atoms with E-state index in [1.165, 1.54) is 0 Å². The summed E-state index contributed by atoms with van der Waals surface area (Å²) in [4.78, 5) is 12.0. The number of carbonyl (C=O) groups is 1. The minimum Gasteiger partial charge on any atom is -0.494 e. The first-order valence-electron chi connectivity index (χ1n) is 7.13. The molecule has 1 saturated carbocycles. The molecule has 1 aromatic rings. The van der Waals surface area contributed by atoms with Gasteiger partial charge in [0.15, 0.2) is 0 Å². The Labute approximate surface area is 114 Å². The normalized spacial score (nSPS) is 22.8. The third kappa shape index (κ3) is 3.98. The summed E-state index contributed by atoms with van der Waals surface area (Å²) in [6.07, 6.45) is 4.38. The van der Waals surface area contributed by atoms with Crippen molar-refractivity contribution in [1.82, 2.24) is 0 Å². The van der Waals surface area contributed by atoms with Gasteiger partial charge in [0.25, 0.3) is 0 Å². The first kappa shape index (κ1) is 13.9. The summed E-state index contributed by atoms with van der Waals surface area (Å²) in [6, 6.07) is 7.14.